The Bertz CT molecular complexity index is 104. The van der Waals surface area contributed by atoms with E-state index in [1.807, 2.05) is 50.6 Å². The Morgan fingerprint density at radius 1 is 1.08 bits per heavy atom. The normalized spacial score (nSPS) is 7.33. The summed E-state index contributed by atoms with van der Waals surface area (Å²) in [5, 5.41) is 0. The van der Waals surface area contributed by atoms with Gasteiger partial charge in [0, 0.05) is 0 Å². The molecule has 3 heteroatoms. The van der Waals surface area contributed by atoms with Gasteiger partial charge < -0.3 is 6.42 Å². The van der Waals surface area contributed by atoms with E-state index >= 15 is 0 Å². The summed E-state index contributed by atoms with van der Waals surface area (Å²) in [7, 11) is 9.81. The van der Waals surface area contributed by atoms with Crippen LogP contribution in [-0.2, 0) is 15.4 Å². The van der Waals surface area contributed by atoms with Gasteiger partial charge >= 0.3 is 34.7 Å². The van der Waals surface area contributed by atoms with Crippen LogP contribution in [0.3, 0.4) is 0 Å². The number of halogens is 2. The van der Waals surface area contributed by atoms with E-state index < -0.39 is 15.4 Å². The van der Waals surface area contributed by atoms with Crippen LogP contribution in [0.5, 0.6) is 0 Å². The number of rotatable bonds is 0. The number of hydrogen-bond acceptors (Lipinski definition) is 0. The molecule has 0 fully saturated rings. The fourth-order valence-electron chi connectivity index (χ4n) is 0.342. The Morgan fingerprint density at radius 2 is 1.42 bits per heavy atom. The Morgan fingerprint density at radius 3 is 1.50 bits per heavy atom. The second-order valence-corrected chi connectivity index (χ2v) is 5.38. The van der Waals surface area contributed by atoms with Crippen LogP contribution < -0.4 is 0 Å². The molecule has 0 radical (unpaired) electrons. The second kappa shape index (κ2) is 17.5. The summed E-state index contributed by atoms with van der Waals surface area (Å²) in [5.41, 5.74) is 0. The van der Waals surface area contributed by atoms with Gasteiger partial charge in [-0.25, -0.2) is 0 Å². The molecule has 1 aromatic carbocycles. The molecule has 12 heavy (non-hydrogen) atoms. The molecule has 0 aliphatic rings. The predicted octanol–water partition coefficient (Wildman–Crippen LogP) is 4.09. The summed E-state index contributed by atoms with van der Waals surface area (Å²) in [6.07, 6.45) is 2.00. The van der Waals surface area contributed by atoms with E-state index in [-0.39, 0.29) is 0 Å². The van der Waals surface area contributed by atoms with Crippen LogP contribution in [0.4, 0.5) is 0 Å². The molecule has 0 spiro atoms. The minimum atomic E-state index is -0.639. The van der Waals surface area contributed by atoms with Crippen LogP contribution in [-0.4, -0.2) is 0 Å². The van der Waals surface area contributed by atoms with Crippen molar-refractivity contribution in [3.8, 4) is 0 Å². The van der Waals surface area contributed by atoms with Gasteiger partial charge in [-0.05, 0) is 0 Å². The van der Waals surface area contributed by atoms with Gasteiger partial charge in [0.05, 0.1) is 0 Å². The maximum atomic E-state index is 4.90. The van der Waals surface area contributed by atoms with Gasteiger partial charge in [0.25, 0.3) is 0 Å². The molecule has 0 saturated carbocycles. The molecule has 0 atom stereocenters. The molecule has 0 heterocycles. The van der Waals surface area contributed by atoms with Crippen molar-refractivity contribution in [1.82, 2.24) is 0 Å². The van der Waals surface area contributed by atoms with Gasteiger partial charge in [0.2, 0.25) is 0 Å². The standard InChI is InChI=1S/C6H5.C3H7.2ClH.Os/c1-2-4-6-5-3-1;1-3-2;;;/h1-5H;3H,1-2H3;2*1H;/q2*-1;;;+2/p-2. The van der Waals surface area contributed by atoms with E-state index in [4.69, 9.17) is 19.3 Å². The summed E-state index contributed by atoms with van der Waals surface area (Å²) < 4.78 is 0. The monoisotopic (exact) mass is 382 g/mol. The van der Waals surface area contributed by atoms with Gasteiger partial charge in [-0.3, -0.25) is 0 Å². The Hall–Kier alpha value is 0.436. The summed E-state index contributed by atoms with van der Waals surface area (Å²) in [6, 6.07) is 12.5. The van der Waals surface area contributed by atoms with Crippen molar-refractivity contribution in [3.05, 3.63) is 42.8 Å². The van der Waals surface area contributed by atoms with E-state index in [0.29, 0.717) is 0 Å². The molecule has 0 aliphatic heterocycles. The zero-order chi connectivity index (χ0) is 9.66. The number of benzene rings is 1. The molecule has 1 rings (SSSR count). The van der Waals surface area contributed by atoms with Crippen LogP contribution >= 0.6 is 19.3 Å². The minimum absolute atomic E-state index is 0.639. The van der Waals surface area contributed by atoms with E-state index in [1.165, 1.54) is 0 Å². The molecule has 1 aromatic rings. The molecule has 0 unspecified atom stereocenters. The van der Waals surface area contributed by atoms with Crippen molar-refractivity contribution in [2.24, 2.45) is 0 Å². The maximum absolute atomic E-state index is 4.90. The average Bonchev–Trinajstić information content (AvgIpc) is 2.10. The molecule has 0 aromatic heterocycles. The van der Waals surface area contributed by atoms with Crippen LogP contribution in [0.15, 0.2) is 30.3 Å². The van der Waals surface area contributed by atoms with E-state index in [0.717, 1.165) is 0 Å². The summed E-state index contributed by atoms with van der Waals surface area (Å²) in [6.45, 7) is 4.00. The third-order valence-corrected chi connectivity index (χ3v) is 0.607. The van der Waals surface area contributed by atoms with E-state index in [9.17, 15) is 0 Å². The topological polar surface area (TPSA) is 0 Å². The maximum Gasteiger partial charge on any atom is -0.171 e. The zero-order valence-corrected chi connectivity index (χ0v) is 11.1. The second-order valence-electron chi connectivity index (χ2n) is 1.71. The minimum Gasteiger partial charge on any atom is -0.184 e. The zero-order valence-electron chi connectivity index (χ0n) is 7.07. The molecule has 0 amide bonds. The number of hydrogen-bond donors (Lipinski definition) is 0. The third-order valence-electron chi connectivity index (χ3n) is 0.607. The Labute approximate surface area is 91.1 Å². The van der Waals surface area contributed by atoms with Gasteiger partial charge in [-0.15, -0.1) is 0 Å². The molecule has 0 nitrogen and oxygen atoms in total. The van der Waals surface area contributed by atoms with E-state index in [1.54, 1.807) is 0 Å². The average molecular weight is 381 g/mol. The first-order valence-corrected chi connectivity index (χ1v) is 9.63. The van der Waals surface area contributed by atoms with Gasteiger partial charge in [0.1, 0.15) is 0 Å². The molecule has 0 N–H and O–H groups in total. The van der Waals surface area contributed by atoms with Crippen molar-refractivity contribution >= 4 is 19.3 Å². The molecule has 0 saturated heterocycles. The van der Waals surface area contributed by atoms with Crippen LogP contribution in [0, 0.1) is 12.5 Å². The molecule has 0 aliphatic carbocycles. The predicted molar refractivity (Wildman–Crippen MR) is 52.6 cm³/mol. The molecular formula is C9H12Cl2Os-2. The van der Waals surface area contributed by atoms with Gasteiger partial charge in [-0.2, -0.15) is 50.2 Å². The smallest absolute Gasteiger partial charge is 0.171 e. The van der Waals surface area contributed by atoms with Crippen LogP contribution in [0.2, 0.25) is 0 Å². The first-order valence-electron chi connectivity index (χ1n) is 3.33. The Balaban J connectivity index is 0. The quantitative estimate of drug-likeness (QED) is 0.594. The fraction of sp³-hybridized carbons (Fsp3) is 0.222. The largest absolute Gasteiger partial charge is 0.184 e. The summed E-state index contributed by atoms with van der Waals surface area (Å²) >= 11 is -0.639. The van der Waals surface area contributed by atoms with E-state index in [2.05, 4.69) is 6.07 Å². The SMILES string of the molecule is C[CH-]C.[Cl][Os][Cl].[c-]1ccccc1. The summed E-state index contributed by atoms with van der Waals surface area (Å²) in [5.74, 6) is 0. The van der Waals surface area contributed by atoms with Gasteiger partial charge in [0.15, 0.2) is 0 Å². The van der Waals surface area contributed by atoms with Crippen molar-refractivity contribution in [1.29, 1.82) is 0 Å². The van der Waals surface area contributed by atoms with Crippen molar-refractivity contribution < 1.29 is 15.4 Å². The van der Waals surface area contributed by atoms with Crippen molar-refractivity contribution in [3.63, 3.8) is 0 Å². The van der Waals surface area contributed by atoms with Crippen molar-refractivity contribution in [2.45, 2.75) is 13.8 Å². The molecule has 72 valence electrons. The molecule has 0 bridgehead atoms. The Kier molecular flexibility index (Phi) is 21.8. The molecular weight excluding hydrogens is 369 g/mol. The van der Waals surface area contributed by atoms with Crippen LogP contribution in [0.1, 0.15) is 13.8 Å². The fourth-order valence-corrected chi connectivity index (χ4v) is 0.342. The first kappa shape index (κ1) is 14.9. The van der Waals surface area contributed by atoms with Gasteiger partial charge in [-0.1, -0.05) is 0 Å². The third kappa shape index (κ3) is 22.4. The van der Waals surface area contributed by atoms with Crippen molar-refractivity contribution in [2.75, 3.05) is 0 Å². The summed E-state index contributed by atoms with van der Waals surface area (Å²) in [4.78, 5) is 0. The van der Waals surface area contributed by atoms with Crippen LogP contribution in [0.25, 0.3) is 0 Å². The first-order chi connectivity index (χ1) is 5.83.